The Kier molecular flexibility index (Phi) is 6.42. The molecule has 60 valence electrons. The molecule has 0 rings (SSSR count). The largest absolute Gasteiger partial charge is 0.198 e. The molecule has 0 spiro atoms. The van der Waals surface area contributed by atoms with E-state index in [9.17, 15) is 0 Å². The van der Waals surface area contributed by atoms with Crippen LogP contribution in [0.5, 0.6) is 0 Å². The van der Waals surface area contributed by atoms with Gasteiger partial charge in [-0.1, -0.05) is 37.6 Å². The molecule has 0 aromatic heterocycles. The first-order valence-corrected chi connectivity index (χ1v) is 4.07. The second kappa shape index (κ2) is 7.08. The van der Waals surface area contributed by atoms with Gasteiger partial charge >= 0.3 is 0 Å². The Morgan fingerprint density at radius 2 is 2.18 bits per heavy atom. The van der Waals surface area contributed by atoms with E-state index in [0.29, 0.717) is 6.42 Å². The van der Waals surface area contributed by atoms with Gasteiger partial charge in [-0.2, -0.15) is 5.26 Å². The number of hydrogen-bond acceptors (Lipinski definition) is 1. The Bertz CT molecular complexity index is 182. The van der Waals surface area contributed by atoms with E-state index in [0.717, 1.165) is 12.8 Å². The van der Waals surface area contributed by atoms with E-state index in [1.165, 1.54) is 5.57 Å². The van der Waals surface area contributed by atoms with Crippen molar-refractivity contribution in [3.63, 3.8) is 0 Å². The Hall–Kier alpha value is -1.03. The maximum Gasteiger partial charge on any atom is 0.0663 e. The monoisotopic (exact) mass is 149 g/mol. The van der Waals surface area contributed by atoms with E-state index in [2.05, 4.69) is 32.1 Å². The second-order valence-electron chi connectivity index (χ2n) is 2.31. The fraction of sp³-hybridized carbons (Fsp3) is 0.500. The number of rotatable bonds is 4. The van der Waals surface area contributed by atoms with Crippen molar-refractivity contribution in [3.05, 3.63) is 23.8 Å². The van der Waals surface area contributed by atoms with Gasteiger partial charge < -0.3 is 0 Å². The summed E-state index contributed by atoms with van der Waals surface area (Å²) in [6, 6.07) is 2.10. The molecule has 0 saturated carbocycles. The van der Waals surface area contributed by atoms with Crippen molar-refractivity contribution >= 4 is 0 Å². The summed E-state index contributed by atoms with van der Waals surface area (Å²) in [6.45, 7) is 4.21. The molecule has 0 radical (unpaired) electrons. The summed E-state index contributed by atoms with van der Waals surface area (Å²) in [7, 11) is 0. The molecule has 0 amide bonds. The molecule has 0 aromatic carbocycles. The lowest BCUT2D eigenvalue weighted by molar-refractivity contribution is 1.11. The molecule has 0 aliphatic rings. The SMILES string of the molecule is CC/C=C/C(=C/CC#N)CC. The number of allylic oxidation sites excluding steroid dienone is 4. The molecule has 0 N–H and O–H groups in total. The molecule has 1 nitrogen and oxygen atoms in total. The van der Waals surface area contributed by atoms with Crippen LogP contribution < -0.4 is 0 Å². The number of nitriles is 1. The lowest BCUT2D eigenvalue weighted by Gasteiger charge is -1.93. The van der Waals surface area contributed by atoms with Crippen molar-refractivity contribution in [1.82, 2.24) is 0 Å². The zero-order valence-corrected chi connectivity index (χ0v) is 7.30. The molecule has 0 atom stereocenters. The molecule has 0 aliphatic carbocycles. The van der Waals surface area contributed by atoms with Crippen molar-refractivity contribution in [2.45, 2.75) is 33.1 Å². The normalized spacial score (nSPS) is 11.9. The molecule has 1 heteroatoms. The Morgan fingerprint density at radius 1 is 1.45 bits per heavy atom. The van der Waals surface area contributed by atoms with E-state index >= 15 is 0 Å². The van der Waals surface area contributed by atoms with Gasteiger partial charge in [-0.3, -0.25) is 0 Å². The van der Waals surface area contributed by atoms with E-state index in [1.807, 2.05) is 6.08 Å². The van der Waals surface area contributed by atoms with Crippen LogP contribution in [0, 0.1) is 11.3 Å². The summed E-state index contributed by atoms with van der Waals surface area (Å²) in [6.07, 6.45) is 8.79. The second-order valence-corrected chi connectivity index (χ2v) is 2.31. The van der Waals surface area contributed by atoms with Gasteiger partial charge in [0.1, 0.15) is 0 Å². The van der Waals surface area contributed by atoms with Gasteiger partial charge in [0.15, 0.2) is 0 Å². The fourth-order valence-corrected chi connectivity index (χ4v) is 0.776. The zero-order valence-electron chi connectivity index (χ0n) is 7.30. The van der Waals surface area contributed by atoms with E-state index in [-0.39, 0.29) is 0 Å². The van der Waals surface area contributed by atoms with Crippen LogP contribution in [0.4, 0.5) is 0 Å². The van der Waals surface area contributed by atoms with Crippen LogP contribution in [0.3, 0.4) is 0 Å². The third-order valence-corrected chi connectivity index (χ3v) is 1.43. The van der Waals surface area contributed by atoms with Crippen LogP contribution in [-0.4, -0.2) is 0 Å². The van der Waals surface area contributed by atoms with Crippen LogP contribution in [0.2, 0.25) is 0 Å². The van der Waals surface area contributed by atoms with Crippen molar-refractivity contribution in [3.8, 4) is 6.07 Å². The molecule has 0 aliphatic heterocycles. The van der Waals surface area contributed by atoms with Crippen molar-refractivity contribution in [1.29, 1.82) is 5.26 Å². The standard InChI is InChI=1S/C10H15N/c1-3-5-7-10(4-2)8-6-9-11/h5,7-8H,3-4,6H2,1-2H3/b7-5+,10-8+. The maximum atomic E-state index is 8.32. The van der Waals surface area contributed by atoms with Gasteiger partial charge in [0.2, 0.25) is 0 Å². The van der Waals surface area contributed by atoms with Crippen LogP contribution >= 0.6 is 0 Å². The minimum Gasteiger partial charge on any atom is -0.198 e. The average Bonchev–Trinajstić information content (AvgIpc) is 2.05. The Labute approximate surface area is 69.0 Å². The lowest BCUT2D eigenvalue weighted by atomic mass is 10.1. The lowest BCUT2D eigenvalue weighted by Crippen LogP contribution is -1.73. The quantitative estimate of drug-likeness (QED) is 0.563. The predicted molar refractivity (Wildman–Crippen MR) is 48.0 cm³/mol. The summed E-state index contributed by atoms with van der Waals surface area (Å²) in [5.74, 6) is 0. The molecular weight excluding hydrogens is 134 g/mol. The minimum absolute atomic E-state index is 0.525. The van der Waals surface area contributed by atoms with Crippen LogP contribution in [0.25, 0.3) is 0 Å². The Morgan fingerprint density at radius 3 is 2.64 bits per heavy atom. The third kappa shape index (κ3) is 5.42. The van der Waals surface area contributed by atoms with Gasteiger partial charge in [-0.05, 0) is 12.8 Å². The smallest absolute Gasteiger partial charge is 0.0663 e. The maximum absolute atomic E-state index is 8.32. The van der Waals surface area contributed by atoms with Gasteiger partial charge in [0.05, 0.1) is 12.5 Å². The summed E-state index contributed by atoms with van der Waals surface area (Å²) in [5.41, 5.74) is 1.26. The van der Waals surface area contributed by atoms with E-state index in [4.69, 9.17) is 5.26 Å². The van der Waals surface area contributed by atoms with Crippen molar-refractivity contribution in [2.24, 2.45) is 0 Å². The molecule has 0 saturated heterocycles. The molecule has 0 bridgehead atoms. The molecule has 11 heavy (non-hydrogen) atoms. The first kappa shape index (κ1) is 9.97. The van der Waals surface area contributed by atoms with Crippen LogP contribution in [0.15, 0.2) is 23.8 Å². The van der Waals surface area contributed by atoms with E-state index in [1.54, 1.807) is 0 Å². The van der Waals surface area contributed by atoms with Gasteiger partial charge in [-0.25, -0.2) is 0 Å². The minimum atomic E-state index is 0.525. The number of hydrogen-bond donors (Lipinski definition) is 0. The highest BCUT2D eigenvalue weighted by Crippen LogP contribution is 2.04. The van der Waals surface area contributed by atoms with Crippen molar-refractivity contribution < 1.29 is 0 Å². The number of nitrogens with zero attached hydrogens (tertiary/aromatic N) is 1. The molecule has 0 unspecified atom stereocenters. The van der Waals surface area contributed by atoms with Crippen LogP contribution in [0.1, 0.15) is 33.1 Å². The van der Waals surface area contributed by atoms with Gasteiger partial charge in [-0.15, -0.1) is 0 Å². The average molecular weight is 149 g/mol. The molecule has 0 aromatic rings. The highest BCUT2D eigenvalue weighted by Gasteiger charge is 1.85. The van der Waals surface area contributed by atoms with Crippen LogP contribution in [-0.2, 0) is 0 Å². The highest BCUT2D eigenvalue weighted by atomic mass is 14.2. The highest BCUT2D eigenvalue weighted by molar-refractivity contribution is 5.19. The van der Waals surface area contributed by atoms with E-state index < -0.39 is 0 Å². The molecule has 0 heterocycles. The first-order chi connectivity index (χ1) is 5.35. The van der Waals surface area contributed by atoms with Gasteiger partial charge in [0, 0.05) is 0 Å². The summed E-state index contributed by atoms with van der Waals surface area (Å²) in [4.78, 5) is 0. The summed E-state index contributed by atoms with van der Waals surface area (Å²) >= 11 is 0. The third-order valence-electron chi connectivity index (χ3n) is 1.43. The summed E-state index contributed by atoms with van der Waals surface area (Å²) < 4.78 is 0. The predicted octanol–water partition coefficient (Wildman–Crippen LogP) is 3.20. The van der Waals surface area contributed by atoms with Gasteiger partial charge in [0.25, 0.3) is 0 Å². The topological polar surface area (TPSA) is 23.8 Å². The first-order valence-electron chi connectivity index (χ1n) is 4.07. The molecule has 0 fully saturated rings. The summed E-state index contributed by atoms with van der Waals surface area (Å²) in [5, 5.41) is 8.32. The molecular formula is C10H15N. The zero-order chi connectivity index (χ0) is 8.53. The van der Waals surface area contributed by atoms with Crippen molar-refractivity contribution in [2.75, 3.05) is 0 Å². The Balaban J connectivity index is 3.95. The fourth-order valence-electron chi connectivity index (χ4n) is 0.776.